The molecule has 1 aliphatic rings. The van der Waals surface area contributed by atoms with Gasteiger partial charge in [0.2, 0.25) is 0 Å². The number of amides is 1. The van der Waals surface area contributed by atoms with Crippen molar-refractivity contribution in [3.8, 4) is 11.3 Å². The minimum atomic E-state index is -0.0905. The van der Waals surface area contributed by atoms with Crippen LogP contribution in [0.25, 0.3) is 11.3 Å². The summed E-state index contributed by atoms with van der Waals surface area (Å²) in [6, 6.07) is 9.59. The summed E-state index contributed by atoms with van der Waals surface area (Å²) in [5, 5.41) is 0. The highest BCUT2D eigenvalue weighted by atomic mass is 16.5. The lowest BCUT2D eigenvalue weighted by Crippen LogP contribution is -2.38. The van der Waals surface area contributed by atoms with Gasteiger partial charge in [-0.1, -0.05) is 30.3 Å². The molecule has 0 aliphatic carbocycles. The summed E-state index contributed by atoms with van der Waals surface area (Å²) in [5.41, 5.74) is 1.22. The van der Waals surface area contributed by atoms with Crippen LogP contribution in [0.2, 0.25) is 0 Å². The molecule has 1 aromatic carbocycles. The minimum absolute atomic E-state index is 0.0905. The fourth-order valence-electron chi connectivity index (χ4n) is 3.78. The first kappa shape index (κ1) is 20.3. The van der Waals surface area contributed by atoms with E-state index in [4.69, 9.17) is 13.9 Å². The normalized spacial score (nSPS) is 14.9. The second-order valence-electron chi connectivity index (χ2n) is 7.25. The van der Waals surface area contributed by atoms with E-state index in [2.05, 4.69) is 9.97 Å². The highest BCUT2D eigenvalue weighted by Gasteiger charge is 2.29. The predicted molar refractivity (Wildman–Crippen MR) is 110 cm³/mol. The number of hydrogen-bond acceptors (Lipinski definition) is 6. The van der Waals surface area contributed by atoms with Crippen molar-refractivity contribution in [3.05, 3.63) is 60.6 Å². The lowest BCUT2D eigenvalue weighted by Gasteiger charge is -2.31. The highest BCUT2D eigenvalue weighted by Crippen LogP contribution is 2.29. The predicted octanol–water partition coefficient (Wildman–Crippen LogP) is 3.18. The molecule has 30 heavy (non-hydrogen) atoms. The van der Waals surface area contributed by atoms with Crippen LogP contribution in [0.1, 0.15) is 35.1 Å². The fraction of sp³-hybridized carbons (Fsp3) is 0.409. The number of nitrogens with zero attached hydrogens (tertiary/aromatic N) is 4. The Labute approximate surface area is 175 Å². The molecule has 1 saturated heterocycles. The second-order valence-corrected chi connectivity index (χ2v) is 7.25. The number of carbonyl (C=O) groups is 1. The largest absolute Gasteiger partial charge is 0.443 e. The molecule has 0 unspecified atom stereocenters. The number of hydrogen-bond donors (Lipinski definition) is 0. The van der Waals surface area contributed by atoms with Gasteiger partial charge in [0.25, 0.3) is 5.91 Å². The molecule has 0 atom stereocenters. The van der Waals surface area contributed by atoms with E-state index >= 15 is 0 Å². The van der Waals surface area contributed by atoms with Crippen LogP contribution in [0.4, 0.5) is 0 Å². The summed E-state index contributed by atoms with van der Waals surface area (Å²) in [7, 11) is 1.66. The molecule has 0 radical (unpaired) electrons. The molecule has 3 aromatic rings. The van der Waals surface area contributed by atoms with E-state index in [9.17, 15) is 4.79 Å². The van der Waals surface area contributed by atoms with Gasteiger partial charge in [-0.2, -0.15) is 0 Å². The topological polar surface area (TPSA) is 82.6 Å². The van der Waals surface area contributed by atoms with Crippen LogP contribution in [0.15, 0.2) is 53.5 Å². The van der Waals surface area contributed by atoms with Gasteiger partial charge in [0.15, 0.2) is 17.8 Å². The molecule has 0 N–H and O–H groups in total. The number of carbonyl (C=O) groups excluding carboxylic acids is 1. The fourth-order valence-corrected chi connectivity index (χ4v) is 3.78. The van der Waals surface area contributed by atoms with Gasteiger partial charge in [0, 0.05) is 44.1 Å². The Bertz CT molecular complexity index is 945. The van der Waals surface area contributed by atoms with E-state index in [0.29, 0.717) is 50.4 Å². The lowest BCUT2D eigenvalue weighted by molar-refractivity contribution is 0.0318. The molecule has 158 valence electrons. The zero-order valence-corrected chi connectivity index (χ0v) is 17.1. The van der Waals surface area contributed by atoms with Crippen molar-refractivity contribution in [2.75, 3.05) is 33.4 Å². The molecule has 0 spiro atoms. The number of likely N-dealkylation sites (tertiary alicyclic amines) is 1. The van der Waals surface area contributed by atoms with Gasteiger partial charge in [-0.05, 0) is 12.8 Å². The van der Waals surface area contributed by atoms with E-state index in [-0.39, 0.29) is 5.91 Å². The van der Waals surface area contributed by atoms with E-state index < -0.39 is 0 Å². The quantitative estimate of drug-likeness (QED) is 0.531. The third-order valence-corrected chi connectivity index (χ3v) is 5.36. The van der Waals surface area contributed by atoms with Crippen molar-refractivity contribution < 1.29 is 18.7 Å². The van der Waals surface area contributed by atoms with E-state index in [0.717, 1.165) is 24.2 Å². The number of ether oxygens (including phenoxy) is 2. The van der Waals surface area contributed by atoms with Crippen LogP contribution < -0.4 is 0 Å². The van der Waals surface area contributed by atoms with Crippen molar-refractivity contribution in [3.63, 3.8) is 0 Å². The molecule has 0 saturated carbocycles. The Morgan fingerprint density at radius 2 is 1.97 bits per heavy atom. The number of imidazole rings is 1. The lowest BCUT2D eigenvalue weighted by atomic mass is 9.95. The Balaban J connectivity index is 1.38. The standard InChI is InChI=1S/C22H26N4O4/c1-28-13-14-29-16-26-12-9-23-21(26)18-7-10-25(11-8-18)22(27)19-20(30-15-24-19)17-5-3-2-4-6-17/h2-6,9,12,15,18H,7-8,10-11,13-14,16H2,1H3. The van der Waals surface area contributed by atoms with E-state index in [1.165, 1.54) is 6.39 Å². The smallest absolute Gasteiger partial charge is 0.276 e. The molecule has 1 aliphatic heterocycles. The van der Waals surface area contributed by atoms with Gasteiger partial charge in [-0.25, -0.2) is 9.97 Å². The van der Waals surface area contributed by atoms with Crippen LogP contribution in [-0.4, -0.2) is 58.8 Å². The van der Waals surface area contributed by atoms with Crippen molar-refractivity contribution in [1.82, 2.24) is 19.4 Å². The van der Waals surface area contributed by atoms with Crippen LogP contribution in [0.3, 0.4) is 0 Å². The minimum Gasteiger partial charge on any atom is -0.443 e. The summed E-state index contributed by atoms with van der Waals surface area (Å²) in [5.74, 6) is 1.73. The third kappa shape index (κ3) is 4.44. The number of piperidine rings is 1. The average molecular weight is 410 g/mol. The number of oxazole rings is 1. The maximum absolute atomic E-state index is 13.1. The van der Waals surface area contributed by atoms with Crippen molar-refractivity contribution >= 4 is 5.91 Å². The molecule has 4 rings (SSSR count). The summed E-state index contributed by atoms with van der Waals surface area (Å²) in [6.45, 7) is 2.88. The summed E-state index contributed by atoms with van der Waals surface area (Å²) in [6.07, 6.45) is 6.76. The maximum Gasteiger partial charge on any atom is 0.276 e. The van der Waals surface area contributed by atoms with Crippen LogP contribution in [0.5, 0.6) is 0 Å². The highest BCUT2D eigenvalue weighted by molar-refractivity contribution is 5.97. The summed E-state index contributed by atoms with van der Waals surface area (Å²) < 4.78 is 18.2. The van der Waals surface area contributed by atoms with Crippen molar-refractivity contribution in [1.29, 1.82) is 0 Å². The first-order chi connectivity index (χ1) is 14.8. The molecule has 8 nitrogen and oxygen atoms in total. The molecule has 0 bridgehead atoms. The molecule has 3 heterocycles. The summed E-state index contributed by atoms with van der Waals surface area (Å²) in [4.78, 5) is 23.7. The van der Waals surface area contributed by atoms with Gasteiger partial charge >= 0.3 is 0 Å². The molecule has 1 amide bonds. The molecule has 8 heteroatoms. The van der Waals surface area contributed by atoms with E-state index in [1.807, 2.05) is 46.0 Å². The van der Waals surface area contributed by atoms with E-state index in [1.54, 1.807) is 13.3 Å². The molecule has 2 aromatic heterocycles. The van der Waals surface area contributed by atoms with Gasteiger partial charge in [0.1, 0.15) is 12.6 Å². The SMILES string of the molecule is COCCOCn1ccnc1C1CCN(C(=O)c2ncoc2-c2ccccc2)CC1. The molecule has 1 fully saturated rings. The Hall–Kier alpha value is -2.97. The zero-order chi connectivity index (χ0) is 20.8. The Morgan fingerprint density at radius 3 is 2.73 bits per heavy atom. The molecular weight excluding hydrogens is 384 g/mol. The van der Waals surface area contributed by atoms with Gasteiger partial charge in [0.05, 0.1) is 13.2 Å². The summed E-state index contributed by atoms with van der Waals surface area (Å²) >= 11 is 0. The Morgan fingerprint density at radius 1 is 1.17 bits per heavy atom. The first-order valence-corrected chi connectivity index (χ1v) is 10.1. The van der Waals surface area contributed by atoms with Crippen LogP contribution in [-0.2, 0) is 16.2 Å². The average Bonchev–Trinajstić information content (AvgIpc) is 3.47. The number of rotatable bonds is 8. The first-order valence-electron chi connectivity index (χ1n) is 10.1. The van der Waals surface area contributed by atoms with Crippen molar-refractivity contribution in [2.24, 2.45) is 0 Å². The monoisotopic (exact) mass is 410 g/mol. The third-order valence-electron chi connectivity index (χ3n) is 5.36. The number of methoxy groups -OCH3 is 1. The molecular formula is C22H26N4O4. The van der Waals surface area contributed by atoms with Gasteiger partial charge < -0.3 is 23.4 Å². The maximum atomic E-state index is 13.1. The number of benzene rings is 1. The zero-order valence-electron chi connectivity index (χ0n) is 17.1. The Kier molecular flexibility index (Phi) is 6.56. The van der Waals surface area contributed by atoms with Gasteiger partial charge in [-0.15, -0.1) is 0 Å². The van der Waals surface area contributed by atoms with Gasteiger partial charge in [-0.3, -0.25) is 4.79 Å². The van der Waals surface area contributed by atoms with Crippen LogP contribution in [0, 0.1) is 0 Å². The van der Waals surface area contributed by atoms with Crippen molar-refractivity contribution in [2.45, 2.75) is 25.5 Å². The van der Waals surface area contributed by atoms with Crippen LogP contribution >= 0.6 is 0 Å². The second kappa shape index (κ2) is 9.69. The number of aromatic nitrogens is 3.